The molecule has 19 heavy (non-hydrogen) atoms. The van der Waals surface area contributed by atoms with Gasteiger partial charge in [-0.3, -0.25) is 4.79 Å². The van der Waals surface area contributed by atoms with Crippen molar-refractivity contribution in [1.29, 1.82) is 0 Å². The van der Waals surface area contributed by atoms with E-state index in [0.29, 0.717) is 18.6 Å². The van der Waals surface area contributed by atoms with E-state index in [1.807, 2.05) is 20.8 Å². The van der Waals surface area contributed by atoms with Gasteiger partial charge >= 0.3 is 0 Å². The van der Waals surface area contributed by atoms with E-state index < -0.39 is 0 Å². The molecule has 4 atom stereocenters. The minimum atomic E-state index is -0.119. The summed E-state index contributed by atoms with van der Waals surface area (Å²) in [6, 6.07) is 0. The van der Waals surface area contributed by atoms with Crippen molar-refractivity contribution in [1.82, 2.24) is 10.2 Å². The Labute approximate surface area is 115 Å². The molecule has 3 heterocycles. The van der Waals surface area contributed by atoms with Crippen molar-refractivity contribution in [2.45, 2.75) is 57.8 Å². The van der Waals surface area contributed by atoms with Crippen LogP contribution in [0, 0.1) is 11.8 Å². The number of hydrogen-bond donors (Lipinski definition) is 1. The van der Waals surface area contributed by atoms with Gasteiger partial charge in [0.05, 0.1) is 12.2 Å². The second-order valence-electron chi connectivity index (χ2n) is 7.43. The van der Waals surface area contributed by atoms with Crippen LogP contribution < -0.4 is 5.32 Å². The highest BCUT2D eigenvalue weighted by Crippen LogP contribution is 2.47. The van der Waals surface area contributed by atoms with Crippen LogP contribution in [0.15, 0.2) is 0 Å². The van der Waals surface area contributed by atoms with E-state index in [1.165, 1.54) is 12.8 Å². The normalized spacial score (nSPS) is 37.6. The van der Waals surface area contributed by atoms with Crippen molar-refractivity contribution in [3.63, 3.8) is 0 Å². The first-order chi connectivity index (χ1) is 8.92. The molecule has 4 unspecified atom stereocenters. The third-order valence-corrected chi connectivity index (χ3v) is 4.70. The lowest BCUT2D eigenvalue weighted by atomic mass is 9.82. The number of likely N-dealkylation sites (tertiary alicyclic amines) is 1. The fourth-order valence-electron chi connectivity index (χ4n) is 3.97. The van der Waals surface area contributed by atoms with Gasteiger partial charge in [0.25, 0.3) is 0 Å². The fourth-order valence-corrected chi connectivity index (χ4v) is 3.97. The minimum Gasteiger partial charge on any atom is -0.374 e. The molecule has 4 nitrogen and oxygen atoms in total. The van der Waals surface area contributed by atoms with E-state index in [1.54, 1.807) is 0 Å². The Morgan fingerprint density at radius 1 is 1.21 bits per heavy atom. The zero-order valence-electron chi connectivity index (χ0n) is 12.3. The minimum absolute atomic E-state index is 0.119. The van der Waals surface area contributed by atoms with E-state index >= 15 is 0 Å². The number of nitrogens with zero attached hydrogens (tertiary/aromatic N) is 1. The van der Waals surface area contributed by atoms with Gasteiger partial charge in [0, 0.05) is 43.4 Å². The van der Waals surface area contributed by atoms with Gasteiger partial charge in [-0.15, -0.1) is 0 Å². The third kappa shape index (κ3) is 2.79. The van der Waals surface area contributed by atoms with E-state index in [9.17, 15) is 4.79 Å². The summed E-state index contributed by atoms with van der Waals surface area (Å²) >= 11 is 0. The smallest absolute Gasteiger partial charge is 0.221 e. The van der Waals surface area contributed by atoms with Crippen LogP contribution >= 0.6 is 0 Å². The standard InChI is InChI=1S/C15H26N2O2/c1-15(2,3)16-14(18)6-7-17-8-10-11(9-17)13-5-4-12(10)19-13/h10-13H,4-9H2,1-3H3,(H,16,18). The number of carbonyl (C=O) groups is 1. The predicted octanol–water partition coefficient (Wildman–Crippen LogP) is 1.40. The van der Waals surface area contributed by atoms with E-state index in [2.05, 4.69) is 10.2 Å². The average molecular weight is 266 g/mol. The van der Waals surface area contributed by atoms with Crippen molar-refractivity contribution >= 4 is 5.91 Å². The summed E-state index contributed by atoms with van der Waals surface area (Å²) in [6.45, 7) is 9.25. The Hall–Kier alpha value is -0.610. The maximum atomic E-state index is 11.8. The summed E-state index contributed by atoms with van der Waals surface area (Å²) in [4.78, 5) is 14.3. The number of hydrogen-bond acceptors (Lipinski definition) is 3. The van der Waals surface area contributed by atoms with E-state index in [0.717, 1.165) is 31.5 Å². The maximum Gasteiger partial charge on any atom is 0.221 e. The monoisotopic (exact) mass is 266 g/mol. The summed E-state index contributed by atoms with van der Waals surface area (Å²) in [5.41, 5.74) is -0.119. The Kier molecular flexibility index (Phi) is 3.34. The first kappa shape index (κ1) is 13.4. The van der Waals surface area contributed by atoms with Crippen molar-refractivity contribution < 1.29 is 9.53 Å². The van der Waals surface area contributed by atoms with Gasteiger partial charge in [-0.2, -0.15) is 0 Å². The Morgan fingerprint density at radius 3 is 2.32 bits per heavy atom. The second kappa shape index (κ2) is 4.74. The highest BCUT2D eigenvalue weighted by Gasteiger charge is 2.52. The summed E-state index contributed by atoms with van der Waals surface area (Å²) in [7, 11) is 0. The molecule has 0 radical (unpaired) electrons. The molecule has 0 aromatic heterocycles. The summed E-state index contributed by atoms with van der Waals surface area (Å²) in [5.74, 6) is 1.65. The Bertz CT molecular complexity index is 346. The molecule has 0 aromatic rings. The summed E-state index contributed by atoms with van der Waals surface area (Å²) in [5, 5.41) is 3.03. The molecule has 0 aliphatic carbocycles. The maximum absolute atomic E-state index is 11.8. The van der Waals surface area contributed by atoms with Crippen LogP contribution in [0.4, 0.5) is 0 Å². The molecule has 1 amide bonds. The van der Waals surface area contributed by atoms with Crippen LogP contribution in [0.2, 0.25) is 0 Å². The lowest BCUT2D eigenvalue weighted by Gasteiger charge is -2.22. The highest BCUT2D eigenvalue weighted by molar-refractivity contribution is 5.76. The van der Waals surface area contributed by atoms with Crippen LogP contribution in [-0.4, -0.2) is 48.2 Å². The molecule has 3 saturated heterocycles. The van der Waals surface area contributed by atoms with Crippen LogP contribution in [0.1, 0.15) is 40.0 Å². The van der Waals surface area contributed by atoms with Crippen molar-refractivity contribution in [3.05, 3.63) is 0 Å². The number of ether oxygens (including phenoxy) is 1. The van der Waals surface area contributed by atoms with Crippen LogP contribution in [0.25, 0.3) is 0 Å². The molecule has 0 aromatic carbocycles. The number of fused-ring (bicyclic) bond motifs is 5. The van der Waals surface area contributed by atoms with Gasteiger partial charge in [0.2, 0.25) is 5.91 Å². The molecule has 3 aliphatic heterocycles. The molecule has 3 rings (SSSR count). The topological polar surface area (TPSA) is 41.6 Å². The van der Waals surface area contributed by atoms with Gasteiger partial charge in [0.15, 0.2) is 0 Å². The lowest BCUT2D eigenvalue weighted by molar-refractivity contribution is -0.122. The van der Waals surface area contributed by atoms with Crippen LogP contribution in [-0.2, 0) is 9.53 Å². The number of nitrogens with one attached hydrogen (secondary N) is 1. The molecule has 1 N–H and O–H groups in total. The van der Waals surface area contributed by atoms with E-state index in [4.69, 9.17) is 4.74 Å². The number of amides is 1. The largest absolute Gasteiger partial charge is 0.374 e. The summed E-state index contributed by atoms with van der Waals surface area (Å²) in [6.07, 6.45) is 4.16. The van der Waals surface area contributed by atoms with Crippen LogP contribution in [0.5, 0.6) is 0 Å². The molecule has 0 saturated carbocycles. The van der Waals surface area contributed by atoms with Crippen molar-refractivity contribution in [3.8, 4) is 0 Å². The predicted molar refractivity (Wildman–Crippen MR) is 73.8 cm³/mol. The third-order valence-electron chi connectivity index (χ3n) is 4.70. The van der Waals surface area contributed by atoms with E-state index in [-0.39, 0.29) is 11.4 Å². The molecule has 108 valence electrons. The molecule has 0 spiro atoms. The first-order valence-corrected chi connectivity index (χ1v) is 7.61. The van der Waals surface area contributed by atoms with Gasteiger partial charge < -0.3 is 15.0 Å². The molecular weight excluding hydrogens is 240 g/mol. The molecular formula is C15H26N2O2. The zero-order chi connectivity index (χ0) is 13.6. The average Bonchev–Trinajstić information content (AvgIpc) is 2.96. The molecule has 3 aliphatic rings. The second-order valence-corrected chi connectivity index (χ2v) is 7.43. The fraction of sp³-hybridized carbons (Fsp3) is 0.933. The zero-order valence-corrected chi connectivity index (χ0v) is 12.3. The first-order valence-electron chi connectivity index (χ1n) is 7.61. The van der Waals surface area contributed by atoms with Gasteiger partial charge in [-0.25, -0.2) is 0 Å². The molecule has 2 bridgehead atoms. The SMILES string of the molecule is CC(C)(C)NC(=O)CCN1CC2C3CCC(O3)C2C1. The Morgan fingerprint density at radius 2 is 1.79 bits per heavy atom. The Balaban J connectivity index is 1.44. The quantitative estimate of drug-likeness (QED) is 0.839. The highest BCUT2D eigenvalue weighted by atomic mass is 16.5. The molecule has 4 heteroatoms. The van der Waals surface area contributed by atoms with Crippen molar-refractivity contribution in [2.75, 3.05) is 19.6 Å². The van der Waals surface area contributed by atoms with Crippen LogP contribution in [0.3, 0.4) is 0 Å². The lowest BCUT2D eigenvalue weighted by Crippen LogP contribution is -2.42. The summed E-state index contributed by atoms with van der Waals surface area (Å²) < 4.78 is 5.97. The van der Waals surface area contributed by atoms with Gasteiger partial charge in [-0.05, 0) is 33.6 Å². The number of carbonyl (C=O) groups excluding carboxylic acids is 1. The number of rotatable bonds is 3. The van der Waals surface area contributed by atoms with Gasteiger partial charge in [0.1, 0.15) is 0 Å². The molecule has 3 fully saturated rings. The van der Waals surface area contributed by atoms with Gasteiger partial charge in [-0.1, -0.05) is 0 Å². The van der Waals surface area contributed by atoms with Crippen molar-refractivity contribution in [2.24, 2.45) is 11.8 Å².